The summed E-state index contributed by atoms with van der Waals surface area (Å²) in [5, 5.41) is 11.5. The van der Waals surface area contributed by atoms with Crippen molar-refractivity contribution >= 4 is 11.7 Å². The topological polar surface area (TPSA) is 104 Å². The Morgan fingerprint density at radius 1 is 1.38 bits per heavy atom. The summed E-state index contributed by atoms with van der Waals surface area (Å²) in [7, 11) is 1.64. The second kappa shape index (κ2) is 6.40. The minimum Gasteiger partial charge on any atom is -0.409 e. The van der Waals surface area contributed by atoms with Gasteiger partial charge >= 0.3 is 0 Å². The third-order valence-corrected chi connectivity index (χ3v) is 3.52. The molecule has 21 heavy (non-hydrogen) atoms. The molecule has 1 aromatic rings. The molecule has 1 aromatic heterocycles. The fourth-order valence-electron chi connectivity index (χ4n) is 2.23. The van der Waals surface area contributed by atoms with E-state index in [1.165, 1.54) is 10.6 Å². The van der Waals surface area contributed by atoms with Gasteiger partial charge in [-0.3, -0.25) is 14.5 Å². The predicted octanol–water partition coefficient (Wildman–Crippen LogP) is -1.11. The highest BCUT2D eigenvalue weighted by molar-refractivity contribution is 5.94. The van der Waals surface area contributed by atoms with Crippen LogP contribution < -0.4 is 11.3 Å². The van der Waals surface area contributed by atoms with Gasteiger partial charge in [-0.25, -0.2) is 0 Å². The molecular weight excluding hydrogens is 274 g/mol. The van der Waals surface area contributed by atoms with E-state index in [1.54, 1.807) is 24.2 Å². The highest BCUT2D eigenvalue weighted by Gasteiger charge is 2.22. The van der Waals surface area contributed by atoms with Crippen LogP contribution >= 0.6 is 0 Å². The van der Waals surface area contributed by atoms with E-state index in [0.29, 0.717) is 38.3 Å². The Morgan fingerprint density at radius 3 is 2.62 bits per heavy atom. The van der Waals surface area contributed by atoms with Gasteiger partial charge in [0.05, 0.1) is 6.54 Å². The van der Waals surface area contributed by atoms with Crippen LogP contribution in [0.3, 0.4) is 0 Å². The van der Waals surface area contributed by atoms with Gasteiger partial charge in [-0.1, -0.05) is 5.16 Å². The number of hydrogen-bond acceptors (Lipinski definition) is 5. The number of nitrogens with zero attached hydrogens (tertiary/aromatic N) is 4. The fraction of sp³-hybridized carbons (Fsp3) is 0.462. The molecule has 114 valence electrons. The maximum atomic E-state index is 12.3. The van der Waals surface area contributed by atoms with Gasteiger partial charge in [-0.05, 0) is 6.07 Å². The molecule has 1 amide bonds. The third kappa shape index (κ3) is 3.60. The molecular formula is C13H19N5O3. The summed E-state index contributed by atoms with van der Waals surface area (Å²) in [5.74, 6) is 0.0116. The number of piperazine rings is 1. The van der Waals surface area contributed by atoms with Crippen molar-refractivity contribution in [1.82, 2.24) is 14.4 Å². The average Bonchev–Trinajstić information content (AvgIpc) is 2.50. The van der Waals surface area contributed by atoms with Crippen LogP contribution in [0.2, 0.25) is 0 Å². The molecule has 3 N–H and O–H groups in total. The van der Waals surface area contributed by atoms with E-state index in [9.17, 15) is 9.59 Å². The maximum Gasteiger partial charge on any atom is 0.254 e. The first-order valence-electron chi connectivity index (χ1n) is 6.66. The van der Waals surface area contributed by atoms with Crippen molar-refractivity contribution in [2.24, 2.45) is 17.9 Å². The van der Waals surface area contributed by atoms with Gasteiger partial charge < -0.3 is 20.4 Å². The summed E-state index contributed by atoms with van der Waals surface area (Å²) >= 11 is 0. The zero-order valence-corrected chi connectivity index (χ0v) is 11.9. The van der Waals surface area contributed by atoms with Crippen molar-refractivity contribution < 1.29 is 10.0 Å². The Morgan fingerprint density at radius 2 is 2.05 bits per heavy atom. The molecule has 2 heterocycles. The van der Waals surface area contributed by atoms with Crippen LogP contribution in [0.15, 0.2) is 28.3 Å². The lowest BCUT2D eigenvalue weighted by Gasteiger charge is -2.34. The predicted molar refractivity (Wildman–Crippen MR) is 77.4 cm³/mol. The lowest BCUT2D eigenvalue weighted by atomic mass is 10.2. The van der Waals surface area contributed by atoms with Crippen LogP contribution in [0.5, 0.6) is 0 Å². The number of carbonyl (C=O) groups is 1. The van der Waals surface area contributed by atoms with Gasteiger partial charge in [0.2, 0.25) is 0 Å². The summed E-state index contributed by atoms with van der Waals surface area (Å²) in [5.41, 5.74) is 5.66. The summed E-state index contributed by atoms with van der Waals surface area (Å²) in [6.07, 6.45) is 1.59. The number of rotatable bonds is 3. The lowest BCUT2D eigenvalue weighted by molar-refractivity contribution is 0.0653. The first-order valence-corrected chi connectivity index (χ1v) is 6.66. The van der Waals surface area contributed by atoms with Gasteiger partial charge in [0.1, 0.15) is 0 Å². The number of carbonyl (C=O) groups excluding carboxylic acids is 1. The molecule has 0 aromatic carbocycles. The molecule has 1 aliphatic rings. The van der Waals surface area contributed by atoms with Gasteiger partial charge in [-0.15, -0.1) is 0 Å². The molecule has 0 atom stereocenters. The van der Waals surface area contributed by atoms with Crippen LogP contribution in [-0.4, -0.2) is 64.0 Å². The maximum absolute atomic E-state index is 12.3. The molecule has 2 rings (SSSR count). The Bertz CT molecular complexity index is 602. The third-order valence-electron chi connectivity index (χ3n) is 3.52. The van der Waals surface area contributed by atoms with E-state index in [4.69, 9.17) is 10.9 Å². The van der Waals surface area contributed by atoms with Gasteiger partial charge in [0.15, 0.2) is 5.84 Å². The van der Waals surface area contributed by atoms with Gasteiger partial charge in [0, 0.05) is 51.1 Å². The van der Waals surface area contributed by atoms with Gasteiger partial charge in [-0.2, -0.15) is 0 Å². The molecule has 0 radical (unpaired) electrons. The molecule has 8 heteroatoms. The lowest BCUT2D eigenvalue weighted by Crippen LogP contribution is -2.50. The van der Waals surface area contributed by atoms with Crippen LogP contribution in [0, 0.1) is 0 Å². The average molecular weight is 293 g/mol. The Labute approximate surface area is 122 Å². The normalized spacial score (nSPS) is 17.0. The molecule has 1 aliphatic heterocycles. The summed E-state index contributed by atoms with van der Waals surface area (Å²) in [6, 6.07) is 3.00. The van der Waals surface area contributed by atoms with E-state index in [1.807, 2.05) is 4.90 Å². The van der Waals surface area contributed by atoms with Crippen molar-refractivity contribution in [3.8, 4) is 0 Å². The van der Waals surface area contributed by atoms with Crippen molar-refractivity contribution in [3.63, 3.8) is 0 Å². The number of hydrogen-bond donors (Lipinski definition) is 2. The molecule has 0 unspecified atom stereocenters. The van der Waals surface area contributed by atoms with Crippen LogP contribution in [-0.2, 0) is 7.05 Å². The molecule has 0 spiro atoms. The van der Waals surface area contributed by atoms with Crippen molar-refractivity contribution in [2.45, 2.75) is 0 Å². The Hall–Kier alpha value is -2.35. The molecule has 1 fully saturated rings. The van der Waals surface area contributed by atoms with Crippen LogP contribution in [0.25, 0.3) is 0 Å². The zero-order valence-electron chi connectivity index (χ0n) is 11.9. The van der Waals surface area contributed by atoms with E-state index in [0.717, 1.165) is 0 Å². The quantitative estimate of drug-likeness (QED) is 0.318. The first-order chi connectivity index (χ1) is 10.0. The zero-order chi connectivity index (χ0) is 15.4. The minimum atomic E-state index is -0.202. The number of aryl methyl sites for hydroxylation is 1. The summed E-state index contributed by atoms with van der Waals surface area (Å²) in [6.45, 7) is 2.77. The standard InChI is InChI=1S/C13H19N5O3/c1-16-3-2-10(8-12(16)19)13(20)18-6-4-17(5-7-18)9-11(14)15-21/h2-3,8,21H,4-7,9H2,1H3,(H2,14,15). The van der Waals surface area contributed by atoms with E-state index in [-0.39, 0.29) is 17.3 Å². The number of oxime groups is 1. The molecule has 8 nitrogen and oxygen atoms in total. The van der Waals surface area contributed by atoms with Crippen molar-refractivity contribution in [2.75, 3.05) is 32.7 Å². The number of aromatic nitrogens is 1. The molecule has 0 aliphatic carbocycles. The largest absolute Gasteiger partial charge is 0.409 e. The Balaban J connectivity index is 1.97. The summed E-state index contributed by atoms with van der Waals surface area (Å²) in [4.78, 5) is 27.6. The van der Waals surface area contributed by atoms with Crippen LogP contribution in [0.1, 0.15) is 10.4 Å². The fourth-order valence-corrected chi connectivity index (χ4v) is 2.23. The molecule has 0 bridgehead atoms. The number of nitrogens with two attached hydrogens (primary N) is 1. The second-order valence-corrected chi connectivity index (χ2v) is 5.02. The van der Waals surface area contributed by atoms with Crippen LogP contribution in [0.4, 0.5) is 0 Å². The second-order valence-electron chi connectivity index (χ2n) is 5.02. The number of pyridine rings is 1. The summed E-state index contributed by atoms with van der Waals surface area (Å²) < 4.78 is 1.42. The molecule has 0 saturated carbocycles. The number of amides is 1. The minimum absolute atomic E-state index is 0.142. The number of amidine groups is 1. The Kier molecular flexibility index (Phi) is 4.59. The van der Waals surface area contributed by atoms with E-state index >= 15 is 0 Å². The van der Waals surface area contributed by atoms with E-state index < -0.39 is 0 Å². The highest BCUT2D eigenvalue weighted by atomic mass is 16.4. The SMILES string of the molecule is Cn1ccc(C(=O)N2CCN(C/C(N)=N/O)CC2)cc1=O. The van der Waals surface area contributed by atoms with Crippen molar-refractivity contribution in [3.05, 3.63) is 34.2 Å². The smallest absolute Gasteiger partial charge is 0.254 e. The van der Waals surface area contributed by atoms with Gasteiger partial charge in [0.25, 0.3) is 11.5 Å². The molecule has 1 saturated heterocycles. The van der Waals surface area contributed by atoms with Crippen molar-refractivity contribution in [1.29, 1.82) is 0 Å². The van der Waals surface area contributed by atoms with E-state index in [2.05, 4.69) is 5.16 Å². The monoisotopic (exact) mass is 293 g/mol. The highest BCUT2D eigenvalue weighted by Crippen LogP contribution is 2.07. The first kappa shape index (κ1) is 15.0.